The average Bonchev–Trinajstić information content (AvgIpc) is 3.09. The highest BCUT2D eigenvalue weighted by atomic mass is 32.1. The average molecular weight is 341 g/mol. The van der Waals surface area contributed by atoms with Crippen molar-refractivity contribution < 1.29 is 14.2 Å². The van der Waals surface area contributed by atoms with Gasteiger partial charge in [0.15, 0.2) is 0 Å². The van der Waals surface area contributed by atoms with E-state index in [2.05, 4.69) is 4.98 Å². The second-order valence-corrected chi connectivity index (χ2v) is 6.30. The molecule has 4 nitrogen and oxygen atoms in total. The summed E-state index contributed by atoms with van der Waals surface area (Å²) in [6.45, 7) is 0.543. The van der Waals surface area contributed by atoms with Crippen molar-refractivity contribution in [3.8, 4) is 16.7 Å². The molecule has 0 aliphatic rings. The number of thiazole rings is 1. The maximum absolute atomic E-state index is 5.90. The lowest BCUT2D eigenvalue weighted by Crippen LogP contribution is -1.98. The van der Waals surface area contributed by atoms with Crippen LogP contribution in [0.25, 0.3) is 0 Å². The monoisotopic (exact) mass is 341 g/mol. The molecule has 0 saturated heterocycles. The molecule has 0 atom stereocenters. The third kappa shape index (κ3) is 4.06. The van der Waals surface area contributed by atoms with Gasteiger partial charge in [-0.2, -0.15) is 0 Å². The zero-order valence-electron chi connectivity index (χ0n) is 13.7. The van der Waals surface area contributed by atoms with E-state index >= 15 is 0 Å². The van der Waals surface area contributed by atoms with Gasteiger partial charge in [0.1, 0.15) is 18.1 Å². The van der Waals surface area contributed by atoms with Gasteiger partial charge in [0, 0.05) is 23.1 Å². The van der Waals surface area contributed by atoms with E-state index in [-0.39, 0.29) is 0 Å². The summed E-state index contributed by atoms with van der Waals surface area (Å²) < 4.78 is 16.5. The van der Waals surface area contributed by atoms with E-state index in [9.17, 15) is 0 Å². The van der Waals surface area contributed by atoms with E-state index in [4.69, 9.17) is 14.2 Å². The molecule has 0 aliphatic carbocycles. The number of ether oxygens (including phenoxy) is 3. The van der Waals surface area contributed by atoms with Gasteiger partial charge in [-0.15, -0.1) is 0 Å². The molecule has 3 aromatic rings. The number of methoxy groups -OCH3 is 2. The zero-order valence-corrected chi connectivity index (χ0v) is 14.5. The van der Waals surface area contributed by atoms with Crippen molar-refractivity contribution >= 4 is 11.3 Å². The highest BCUT2D eigenvalue weighted by Gasteiger charge is 2.09. The Kier molecular flexibility index (Phi) is 5.33. The molecule has 1 aromatic heterocycles. The molecular weight excluding hydrogens is 322 g/mol. The predicted molar refractivity (Wildman–Crippen MR) is 95.2 cm³/mol. The first-order chi connectivity index (χ1) is 11.8. The molecule has 3 rings (SSSR count). The Morgan fingerprint density at radius 2 is 1.83 bits per heavy atom. The van der Waals surface area contributed by atoms with Crippen LogP contribution >= 0.6 is 11.3 Å². The first kappa shape index (κ1) is 16.3. The Morgan fingerprint density at radius 1 is 1.00 bits per heavy atom. The van der Waals surface area contributed by atoms with Crippen LogP contribution in [-0.4, -0.2) is 19.2 Å². The van der Waals surface area contributed by atoms with Crippen LogP contribution in [0.4, 0.5) is 0 Å². The van der Waals surface area contributed by atoms with Crippen LogP contribution in [0.2, 0.25) is 0 Å². The number of nitrogens with zero attached hydrogens (tertiary/aromatic N) is 1. The lowest BCUT2D eigenvalue weighted by atomic mass is 10.1. The standard InChI is InChI=1S/C19H19NO3S/c1-21-18-9-8-16(23-13-14-6-4-3-5-7-14)10-15(18)11-17-12-20-19(22-2)24-17/h3-10,12H,11,13H2,1-2H3. The predicted octanol–water partition coefficient (Wildman–Crippen LogP) is 4.33. The van der Waals surface area contributed by atoms with Crippen molar-refractivity contribution in [2.24, 2.45) is 0 Å². The van der Waals surface area contributed by atoms with Crippen LogP contribution in [0.1, 0.15) is 16.0 Å². The minimum Gasteiger partial charge on any atom is -0.496 e. The molecule has 0 amide bonds. The Morgan fingerprint density at radius 3 is 2.54 bits per heavy atom. The second-order valence-electron chi connectivity index (χ2n) is 5.22. The Labute approximate surface area is 145 Å². The van der Waals surface area contributed by atoms with Gasteiger partial charge in [0.2, 0.25) is 0 Å². The fourth-order valence-corrected chi connectivity index (χ4v) is 3.12. The van der Waals surface area contributed by atoms with Crippen molar-refractivity contribution in [1.29, 1.82) is 0 Å². The van der Waals surface area contributed by atoms with Crippen molar-refractivity contribution in [3.05, 3.63) is 70.7 Å². The molecule has 2 aromatic carbocycles. The SMILES string of the molecule is COc1ncc(Cc2cc(OCc3ccccc3)ccc2OC)s1. The van der Waals surface area contributed by atoms with Gasteiger partial charge in [0.05, 0.1) is 14.2 Å². The minimum atomic E-state index is 0.543. The van der Waals surface area contributed by atoms with Crippen LogP contribution in [0.5, 0.6) is 16.7 Å². The summed E-state index contributed by atoms with van der Waals surface area (Å²) in [7, 11) is 3.30. The van der Waals surface area contributed by atoms with Gasteiger partial charge in [-0.1, -0.05) is 41.7 Å². The van der Waals surface area contributed by atoms with Crippen molar-refractivity contribution in [2.75, 3.05) is 14.2 Å². The van der Waals surface area contributed by atoms with Crippen LogP contribution in [0.3, 0.4) is 0 Å². The highest BCUT2D eigenvalue weighted by Crippen LogP contribution is 2.30. The Balaban J connectivity index is 1.74. The van der Waals surface area contributed by atoms with Gasteiger partial charge >= 0.3 is 0 Å². The fourth-order valence-electron chi connectivity index (χ4n) is 2.38. The highest BCUT2D eigenvalue weighted by molar-refractivity contribution is 7.13. The molecule has 24 heavy (non-hydrogen) atoms. The number of hydrogen-bond acceptors (Lipinski definition) is 5. The molecule has 0 saturated carbocycles. The van der Waals surface area contributed by atoms with E-state index in [1.54, 1.807) is 14.2 Å². The molecule has 124 valence electrons. The lowest BCUT2D eigenvalue weighted by molar-refractivity contribution is 0.305. The molecule has 0 N–H and O–H groups in total. The first-order valence-electron chi connectivity index (χ1n) is 7.61. The third-order valence-electron chi connectivity index (χ3n) is 3.57. The smallest absolute Gasteiger partial charge is 0.273 e. The summed E-state index contributed by atoms with van der Waals surface area (Å²) in [4.78, 5) is 5.33. The maximum Gasteiger partial charge on any atom is 0.273 e. The van der Waals surface area contributed by atoms with Crippen molar-refractivity contribution in [1.82, 2.24) is 4.98 Å². The molecule has 0 fully saturated rings. The van der Waals surface area contributed by atoms with Gasteiger partial charge < -0.3 is 14.2 Å². The maximum atomic E-state index is 5.90. The molecule has 0 spiro atoms. The van der Waals surface area contributed by atoms with Crippen LogP contribution in [0.15, 0.2) is 54.7 Å². The molecule has 1 heterocycles. The second kappa shape index (κ2) is 7.84. The fraction of sp³-hybridized carbons (Fsp3) is 0.211. The molecular formula is C19H19NO3S. The lowest BCUT2D eigenvalue weighted by Gasteiger charge is -2.11. The summed E-state index contributed by atoms with van der Waals surface area (Å²) in [5.74, 6) is 1.67. The minimum absolute atomic E-state index is 0.543. The van der Waals surface area contributed by atoms with E-state index in [0.717, 1.165) is 33.9 Å². The quantitative estimate of drug-likeness (QED) is 0.641. The Bertz CT molecular complexity index is 786. The van der Waals surface area contributed by atoms with E-state index in [1.165, 1.54) is 11.3 Å². The zero-order chi connectivity index (χ0) is 16.8. The largest absolute Gasteiger partial charge is 0.496 e. The molecule has 0 bridgehead atoms. The van der Waals surface area contributed by atoms with Crippen LogP contribution < -0.4 is 14.2 Å². The molecule has 5 heteroatoms. The number of benzene rings is 2. The third-order valence-corrected chi connectivity index (χ3v) is 4.53. The van der Waals surface area contributed by atoms with Crippen molar-refractivity contribution in [3.63, 3.8) is 0 Å². The van der Waals surface area contributed by atoms with Crippen molar-refractivity contribution in [2.45, 2.75) is 13.0 Å². The van der Waals surface area contributed by atoms with E-state index in [0.29, 0.717) is 11.8 Å². The molecule has 0 unspecified atom stereocenters. The van der Waals surface area contributed by atoms with Crippen LogP contribution in [0, 0.1) is 0 Å². The summed E-state index contributed by atoms with van der Waals surface area (Å²) in [6, 6.07) is 16.0. The Hall–Kier alpha value is -2.53. The summed E-state index contributed by atoms with van der Waals surface area (Å²) in [6.07, 6.45) is 2.56. The summed E-state index contributed by atoms with van der Waals surface area (Å²) in [5, 5.41) is 0.667. The van der Waals surface area contributed by atoms with E-state index < -0.39 is 0 Å². The number of rotatable bonds is 7. The molecule has 0 aliphatic heterocycles. The van der Waals surface area contributed by atoms with Gasteiger partial charge in [0.25, 0.3) is 5.19 Å². The number of hydrogen-bond donors (Lipinski definition) is 0. The van der Waals surface area contributed by atoms with Gasteiger partial charge in [-0.3, -0.25) is 0 Å². The van der Waals surface area contributed by atoms with E-state index in [1.807, 2.05) is 54.7 Å². The number of aromatic nitrogens is 1. The van der Waals surface area contributed by atoms with Gasteiger partial charge in [-0.05, 0) is 23.8 Å². The van der Waals surface area contributed by atoms with Crippen LogP contribution in [-0.2, 0) is 13.0 Å². The summed E-state index contributed by atoms with van der Waals surface area (Å²) in [5.41, 5.74) is 2.21. The topological polar surface area (TPSA) is 40.6 Å². The summed E-state index contributed by atoms with van der Waals surface area (Å²) >= 11 is 1.53. The molecule has 0 radical (unpaired) electrons. The van der Waals surface area contributed by atoms with Gasteiger partial charge in [-0.25, -0.2) is 4.98 Å². The first-order valence-corrected chi connectivity index (χ1v) is 8.42. The normalized spacial score (nSPS) is 10.4.